The van der Waals surface area contributed by atoms with Crippen molar-refractivity contribution in [2.75, 3.05) is 13.2 Å². The van der Waals surface area contributed by atoms with Gasteiger partial charge in [-0.2, -0.15) is 0 Å². The fraction of sp³-hybridized carbons (Fsp3) is 0.736. The molecule has 0 aromatic carbocycles. The zero-order valence-corrected chi connectivity index (χ0v) is 42.1. The van der Waals surface area contributed by atoms with Crippen LogP contribution in [0, 0.1) is 0 Å². The average molecular weight is 967 g/mol. The fourth-order valence-corrected chi connectivity index (χ4v) is 8.34. The Kier molecular flexibility index (Phi) is 39.2. The highest BCUT2D eigenvalue weighted by atomic mass is 31.2. The summed E-state index contributed by atoms with van der Waals surface area (Å²) in [5.41, 5.74) is 0. The minimum Gasteiger partial charge on any atom is -0.462 e. The molecule has 67 heavy (non-hydrogen) atoms. The summed E-state index contributed by atoms with van der Waals surface area (Å²) in [6.07, 6.45) is 41.0. The fourth-order valence-electron chi connectivity index (χ4n) is 7.37. The Morgan fingerprint density at radius 2 is 0.821 bits per heavy atom. The number of hydrogen-bond acceptors (Lipinski definition) is 12. The average Bonchev–Trinajstić information content (AvgIpc) is 3.31. The van der Waals surface area contributed by atoms with Crippen LogP contribution in [0.4, 0.5) is 0 Å². The summed E-state index contributed by atoms with van der Waals surface area (Å²) in [4.78, 5) is 35.8. The Morgan fingerprint density at radius 3 is 1.30 bits per heavy atom. The van der Waals surface area contributed by atoms with E-state index in [-0.39, 0.29) is 12.8 Å². The number of ether oxygens (including phenoxy) is 2. The van der Waals surface area contributed by atoms with Gasteiger partial charge in [-0.1, -0.05) is 170 Å². The molecule has 1 fully saturated rings. The minimum atomic E-state index is -5.14. The van der Waals surface area contributed by atoms with Crippen molar-refractivity contribution in [2.24, 2.45) is 0 Å². The Balaban J connectivity index is 2.46. The van der Waals surface area contributed by atoms with Crippen molar-refractivity contribution in [1.29, 1.82) is 0 Å². The smallest absolute Gasteiger partial charge is 0.462 e. The third kappa shape index (κ3) is 34.3. The predicted molar refractivity (Wildman–Crippen MR) is 267 cm³/mol. The zero-order chi connectivity index (χ0) is 49.2. The van der Waals surface area contributed by atoms with Gasteiger partial charge in [0.05, 0.1) is 6.61 Å². The zero-order valence-electron chi connectivity index (χ0n) is 41.2. The molecule has 6 unspecified atom stereocenters. The highest BCUT2D eigenvalue weighted by Crippen LogP contribution is 2.47. The van der Waals surface area contributed by atoms with Gasteiger partial charge < -0.3 is 39.9 Å². The van der Waals surface area contributed by atoms with Crippen LogP contribution in [0.1, 0.15) is 194 Å². The van der Waals surface area contributed by atoms with Crippen LogP contribution in [0.25, 0.3) is 0 Å². The van der Waals surface area contributed by atoms with Crippen molar-refractivity contribution in [3.63, 3.8) is 0 Å². The van der Waals surface area contributed by atoms with Crippen LogP contribution in [0.3, 0.4) is 0 Å². The van der Waals surface area contributed by atoms with E-state index in [9.17, 15) is 44.6 Å². The number of aliphatic hydroxyl groups is 5. The second-order valence-electron chi connectivity index (χ2n) is 17.7. The maximum Gasteiger partial charge on any atom is 0.472 e. The van der Waals surface area contributed by atoms with Crippen LogP contribution < -0.4 is 0 Å². The van der Waals surface area contributed by atoms with Gasteiger partial charge in [0, 0.05) is 12.8 Å². The standard InChI is InChI=1S/C53H91O13P/c1-3-5-7-9-11-13-15-17-19-21-22-23-24-26-28-30-32-34-36-38-40-42-47(55)65-45(44-64-67(61,62)66-53-51(59)49(57)48(56)50(58)52(53)60)43-63-46(54)41-39-37-35-33-31-29-27-25-20-18-16-14-12-10-8-6-4-2/h12,14,18-21,23-24,28,30,34,36,45,48-53,56-60H,3-11,13,15-17,22,25-27,29,31-33,35,37-44H2,1-2H3,(H,61,62)/b14-12+,20-18+,21-19+,24-23+,30-28+,36-34+/t45-,48?,49-,50?,51?,52?,53?/m1/s1. The van der Waals surface area contributed by atoms with E-state index in [1.807, 2.05) is 12.2 Å². The summed E-state index contributed by atoms with van der Waals surface area (Å²) in [5.74, 6) is -1.18. The van der Waals surface area contributed by atoms with Crippen molar-refractivity contribution in [3.8, 4) is 0 Å². The Bertz CT molecular complexity index is 1440. The van der Waals surface area contributed by atoms with Gasteiger partial charge in [0.25, 0.3) is 0 Å². The van der Waals surface area contributed by atoms with Crippen molar-refractivity contribution in [2.45, 2.75) is 236 Å². The maximum atomic E-state index is 12.8. The third-order valence-electron chi connectivity index (χ3n) is 11.5. The topological polar surface area (TPSA) is 210 Å². The number of phosphoric ester groups is 1. The molecule has 0 aliphatic heterocycles. The number of carbonyl (C=O) groups excluding carboxylic acids is 2. The molecule has 1 aliphatic rings. The van der Waals surface area contributed by atoms with Gasteiger partial charge in [-0.05, 0) is 83.5 Å². The first-order valence-corrected chi connectivity index (χ1v) is 27.2. The molecule has 1 saturated carbocycles. The maximum absolute atomic E-state index is 12.8. The van der Waals surface area contributed by atoms with E-state index in [0.717, 1.165) is 83.5 Å². The first kappa shape index (κ1) is 62.3. The third-order valence-corrected chi connectivity index (χ3v) is 12.5. The number of hydrogen-bond donors (Lipinski definition) is 6. The lowest BCUT2D eigenvalue weighted by Gasteiger charge is -2.41. The largest absolute Gasteiger partial charge is 0.472 e. The summed E-state index contributed by atoms with van der Waals surface area (Å²) in [6.45, 7) is 3.23. The molecule has 1 rings (SSSR count). The number of phosphoric acid groups is 1. The van der Waals surface area contributed by atoms with Crippen molar-refractivity contribution >= 4 is 19.8 Å². The molecule has 0 amide bonds. The van der Waals surface area contributed by atoms with Crippen LogP contribution >= 0.6 is 7.82 Å². The van der Waals surface area contributed by atoms with Crippen LogP contribution in [-0.4, -0.2) is 98.3 Å². The summed E-state index contributed by atoms with van der Waals surface area (Å²) >= 11 is 0. The number of unbranched alkanes of at least 4 members (excludes halogenated alkanes) is 18. The summed E-state index contributed by atoms with van der Waals surface area (Å²) in [6, 6.07) is 0. The number of allylic oxidation sites excluding steroid dienone is 12. The summed E-state index contributed by atoms with van der Waals surface area (Å²) < 4.78 is 33.6. The minimum absolute atomic E-state index is 0.0162. The van der Waals surface area contributed by atoms with E-state index in [1.165, 1.54) is 64.2 Å². The summed E-state index contributed by atoms with van der Waals surface area (Å²) in [5, 5.41) is 50.3. The number of rotatable bonds is 42. The van der Waals surface area contributed by atoms with E-state index in [0.29, 0.717) is 19.3 Å². The Labute approximate surface area is 404 Å². The van der Waals surface area contributed by atoms with Gasteiger partial charge in [0.15, 0.2) is 6.10 Å². The molecule has 386 valence electrons. The number of aliphatic hydroxyl groups excluding tert-OH is 5. The predicted octanol–water partition coefficient (Wildman–Crippen LogP) is 11.1. The monoisotopic (exact) mass is 967 g/mol. The lowest BCUT2D eigenvalue weighted by atomic mass is 9.85. The molecular weight excluding hydrogens is 876 g/mol. The molecule has 8 atom stereocenters. The molecule has 0 spiro atoms. The van der Waals surface area contributed by atoms with E-state index >= 15 is 0 Å². The molecule has 0 bridgehead atoms. The second kappa shape index (κ2) is 42.2. The molecule has 0 aromatic rings. The SMILES string of the molecule is CCCCC/C=C/C/C=C/CCCCCCCCCC(=O)OC[C@H](COP(=O)(O)OC1C(O)C(O)C(O)[C@@H](O)C1O)OC(=O)CCC/C=C/C/C=C/C/C=C/C/C=C/CCCCCCCCC. The molecule has 13 nitrogen and oxygen atoms in total. The van der Waals surface area contributed by atoms with Crippen molar-refractivity contribution in [3.05, 3.63) is 72.9 Å². The lowest BCUT2D eigenvalue weighted by molar-refractivity contribution is -0.220. The Hall–Kier alpha value is -2.71. The highest BCUT2D eigenvalue weighted by molar-refractivity contribution is 7.47. The normalized spacial score (nSPS) is 21.7. The van der Waals surface area contributed by atoms with E-state index in [4.69, 9.17) is 18.5 Å². The van der Waals surface area contributed by atoms with Gasteiger partial charge in [-0.25, -0.2) is 4.57 Å². The van der Waals surface area contributed by atoms with Gasteiger partial charge >= 0.3 is 19.8 Å². The van der Waals surface area contributed by atoms with Crippen molar-refractivity contribution < 1.29 is 63.1 Å². The molecule has 0 heterocycles. The lowest BCUT2D eigenvalue weighted by Crippen LogP contribution is -2.64. The second-order valence-corrected chi connectivity index (χ2v) is 19.1. The van der Waals surface area contributed by atoms with E-state index in [2.05, 4.69) is 74.6 Å². The van der Waals surface area contributed by atoms with Crippen LogP contribution in [-0.2, 0) is 32.7 Å². The molecular formula is C53H91O13P. The van der Waals surface area contributed by atoms with E-state index in [1.54, 1.807) is 0 Å². The highest BCUT2D eigenvalue weighted by Gasteiger charge is 2.51. The quantitative estimate of drug-likeness (QED) is 0.0146. The van der Waals surface area contributed by atoms with Crippen LogP contribution in [0.2, 0.25) is 0 Å². The molecule has 0 saturated heterocycles. The number of esters is 2. The molecule has 0 radical (unpaired) electrons. The summed E-state index contributed by atoms with van der Waals surface area (Å²) in [7, 11) is -5.14. The first-order valence-electron chi connectivity index (χ1n) is 25.7. The van der Waals surface area contributed by atoms with Crippen molar-refractivity contribution in [1.82, 2.24) is 0 Å². The van der Waals surface area contributed by atoms with Gasteiger partial charge in [0.1, 0.15) is 43.2 Å². The van der Waals surface area contributed by atoms with Gasteiger partial charge in [0.2, 0.25) is 0 Å². The number of carbonyl (C=O) groups is 2. The molecule has 1 aliphatic carbocycles. The van der Waals surface area contributed by atoms with Crippen LogP contribution in [0.5, 0.6) is 0 Å². The molecule has 6 N–H and O–H groups in total. The van der Waals surface area contributed by atoms with E-state index < -0.39 is 75.7 Å². The van der Waals surface area contributed by atoms with Crippen LogP contribution in [0.15, 0.2) is 72.9 Å². The first-order chi connectivity index (χ1) is 32.4. The molecule has 0 aromatic heterocycles. The molecule has 14 heteroatoms. The van der Waals surface area contributed by atoms with Gasteiger partial charge in [-0.3, -0.25) is 18.6 Å². The Morgan fingerprint density at radius 1 is 0.463 bits per heavy atom. The van der Waals surface area contributed by atoms with Gasteiger partial charge in [-0.15, -0.1) is 0 Å².